The van der Waals surface area contributed by atoms with E-state index in [9.17, 15) is 4.79 Å². The van der Waals surface area contributed by atoms with E-state index in [1.54, 1.807) is 25.3 Å². The third-order valence-corrected chi connectivity index (χ3v) is 3.22. The lowest BCUT2D eigenvalue weighted by Crippen LogP contribution is -2.12. The fraction of sp³-hybridized carbons (Fsp3) is 0.188. The number of hydrogen-bond donors (Lipinski definition) is 0. The lowest BCUT2D eigenvalue weighted by Gasteiger charge is -2.10. The Morgan fingerprint density at radius 3 is 2.86 bits per heavy atom. The molecular weight excluding hydrogens is 266 g/mol. The number of benzene rings is 1. The molecule has 21 heavy (non-hydrogen) atoms. The molecule has 0 aliphatic rings. The van der Waals surface area contributed by atoms with Gasteiger partial charge in [-0.3, -0.25) is 4.57 Å². The van der Waals surface area contributed by atoms with E-state index in [0.29, 0.717) is 18.0 Å². The molecule has 5 nitrogen and oxygen atoms in total. The maximum absolute atomic E-state index is 12.1. The maximum Gasteiger partial charge on any atom is 0.341 e. The van der Waals surface area contributed by atoms with Crippen molar-refractivity contribution in [2.45, 2.75) is 13.8 Å². The van der Waals surface area contributed by atoms with Crippen molar-refractivity contribution in [3.05, 3.63) is 54.0 Å². The van der Waals surface area contributed by atoms with E-state index in [4.69, 9.17) is 4.74 Å². The fourth-order valence-electron chi connectivity index (χ4n) is 2.36. The average molecular weight is 281 g/mol. The number of hydrogen-bond acceptors (Lipinski definition) is 4. The van der Waals surface area contributed by atoms with Gasteiger partial charge in [-0.05, 0) is 38.1 Å². The number of para-hydroxylation sites is 2. The summed E-state index contributed by atoms with van der Waals surface area (Å²) in [5.74, 6) is 0.945. The molecule has 106 valence electrons. The molecule has 2 aromatic heterocycles. The zero-order valence-corrected chi connectivity index (χ0v) is 11.9. The van der Waals surface area contributed by atoms with Gasteiger partial charge >= 0.3 is 5.97 Å². The quantitative estimate of drug-likeness (QED) is 0.693. The smallest absolute Gasteiger partial charge is 0.341 e. The van der Waals surface area contributed by atoms with Crippen LogP contribution >= 0.6 is 0 Å². The number of nitrogens with zero attached hydrogens (tertiary/aromatic N) is 3. The number of aromatic nitrogens is 3. The van der Waals surface area contributed by atoms with Crippen molar-refractivity contribution in [2.75, 3.05) is 6.61 Å². The van der Waals surface area contributed by atoms with E-state index in [1.807, 2.05) is 35.8 Å². The number of fused-ring (bicyclic) bond motifs is 1. The first-order chi connectivity index (χ1) is 10.2. The molecule has 0 amide bonds. The Morgan fingerprint density at radius 2 is 2.05 bits per heavy atom. The van der Waals surface area contributed by atoms with Gasteiger partial charge in [-0.2, -0.15) is 0 Å². The zero-order valence-electron chi connectivity index (χ0n) is 11.9. The number of rotatable bonds is 3. The highest BCUT2D eigenvalue weighted by atomic mass is 16.5. The zero-order chi connectivity index (χ0) is 14.8. The minimum atomic E-state index is -0.377. The molecule has 3 aromatic rings. The van der Waals surface area contributed by atoms with Gasteiger partial charge in [0.05, 0.1) is 17.6 Å². The van der Waals surface area contributed by atoms with Crippen LogP contribution in [0.3, 0.4) is 0 Å². The van der Waals surface area contributed by atoms with Crippen LogP contribution in [-0.2, 0) is 4.74 Å². The van der Waals surface area contributed by atoms with Crippen LogP contribution in [0, 0.1) is 6.92 Å². The van der Waals surface area contributed by atoms with Crippen LogP contribution in [0.25, 0.3) is 16.9 Å². The number of pyridine rings is 1. The van der Waals surface area contributed by atoms with Crippen molar-refractivity contribution in [3.63, 3.8) is 0 Å². The molecule has 0 saturated heterocycles. The van der Waals surface area contributed by atoms with Gasteiger partial charge in [0, 0.05) is 6.20 Å². The molecule has 0 saturated carbocycles. The van der Waals surface area contributed by atoms with Crippen LogP contribution in [-0.4, -0.2) is 27.1 Å². The van der Waals surface area contributed by atoms with Gasteiger partial charge in [0.25, 0.3) is 0 Å². The Hall–Kier alpha value is -2.69. The van der Waals surface area contributed by atoms with Gasteiger partial charge in [-0.1, -0.05) is 12.1 Å². The van der Waals surface area contributed by atoms with E-state index in [1.165, 1.54) is 0 Å². The molecule has 3 rings (SSSR count). The third kappa shape index (κ3) is 2.27. The number of ether oxygens (including phenoxy) is 1. The van der Waals surface area contributed by atoms with E-state index in [-0.39, 0.29) is 5.97 Å². The summed E-state index contributed by atoms with van der Waals surface area (Å²) < 4.78 is 6.98. The molecule has 0 bridgehead atoms. The SMILES string of the molecule is CCOC(=O)c1cccnc1-n1c(C)nc2ccccc21. The van der Waals surface area contributed by atoms with Crippen LogP contribution in [0.15, 0.2) is 42.6 Å². The third-order valence-electron chi connectivity index (χ3n) is 3.22. The predicted molar refractivity (Wildman–Crippen MR) is 79.6 cm³/mol. The highest BCUT2D eigenvalue weighted by Crippen LogP contribution is 2.22. The van der Waals surface area contributed by atoms with Crippen molar-refractivity contribution in [2.24, 2.45) is 0 Å². The second-order valence-electron chi connectivity index (χ2n) is 4.58. The number of imidazole rings is 1. The van der Waals surface area contributed by atoms with E-state index >= 15 is 0 Å². The summed E-state index contributed by atoms with van der Waals surface area (Å²) in [7, 11) is 0. The highest BCUT2D eigenvalue weighted by molar-refractivity contribution is 5.93. The van der Waals surface area contributed by atoms with Crippen LogP contribution in [0.2, 0.25) is 0 Å². The van der Waals surface area contributed by atoms with Crippen LogP contribution < -0.4 is 0 Å². The predicted octanol–water partition coefficient (Wildman–Crippen LogP) is 2.91. The molecule has 0 N–H and O–H groups in total. The van der Waals surface area contributed by atoms with Crippen LogP contribution in [0.1, 0.15) is 23.1 Å². The molecule has 1 aromatic carbocycles. The molecule has 0 fully saturated rings. The van der Waals surface area contributed by atoms with Crippen molar-refractivity contribution in [1.29, 1.82) is 0 Å². The maximum atomic E-state index is 12.1. The second kappa shape index (κ2) is 5.36. The first kappa shape index (κ1) is 13.3. The first-order valence-corrected chi connectivity index (χ1v) is 6.79. The van der Waals surface area contributed by atoms with E-state index in [2.05, 4.69) is 9.97 Å². The van der Waals surface area contributed by atoms with Gasteiger partial charge in [-0.25, -0.2) is 14.8 Å². The molecule has 0 radical (unpaired) electrons. The summed E-state index contributed by atoms with van der Waals surface area (Å²) in [6, 6.07) is 11.2. The standard InChI is InChI=1S/C16H15N3O2/c1-3-21-16(20)12-7-6-10-17-15(12)19-11(2)18-13-8-4-5-9-14(13)19/h4-10H,3H2,1-2H3. The summed E-state index contributed by atoms with van der Waals surface area (Å²) in [5.41, 5.74) is 2.22. The van der Waals surface area contributed by atoms with Crippen molar-refractivity contribution >= 4 is 17.0 Å². The number of carbonyl (C=O) groups excluding carboxylic acids is 1. The summed E-state index contributed by atoms with van der Waals surface area (Å²) in [4.78, 5) is 21.0. The molecule has 5 heteroatoms. The van der Waals surface area contributed by atoms with E-state index < -0.39 is 0 Å². The monoisotopic (exact) mass is 281 g/mol. The van der Waals surface area contributed by atoms with Crippen molar-refractivity contribution in [3.8, 4) is 5.82 Å². The Bertz CT molecular complexity index is 808. The molecule has 0 unspecified atom stereocenters. The van der Waals surface area contributed by atoms with Gasteiger partial charge in [0.15, 0.2) is 5.82 Å². The van der Waals surface area contributed by atoms with Gasteiger partial charge in [-0.15, -0.1) is 0 Å². The first-order valence-electron chi connectivity index (χ1n) is 6.79. The summed E-state index contributed by atoms with van der Waals surface area (Å²) in [6.07, 6.45) is 1.66. The molecule has 0 aliphatic heterocycles. The molecule has 0 atom stereocenters. The second-order valence-corrected chi connectivity index (χ2v) is 4.58. The largest absolute Gasteiger partial charge is 0.462 e. The summed E-state index contributed by atoms with van der Waals surface area (Å²) in [5, 5.41) is 0. The fourth-order valence-corrected chi connectivity index (χ4v) is 2.36. The normalized spacial score (nSPS) is 10.8. The van der Waals surface area contributed by atoms with Crippen LogP contribution in [0.5, 0.6) is 0 Å². The Labute approximate surface area is 122 Å². The number of aryl methyl sites for hydroxylation is 1. The van der Waals surface area contributed by atoms with Gasteiger partial charge in [0.2, 0.25) is 0 Å². The minimum absolute atomic E-state index is 0.330. The number of carbonyl (C=O) groups is 1. The van der Waals surface area contributed by atoms with Gasteiger partial charge < -0.3 is 4.74 Å². The summed E-state index contributed by atoms with van der Waals surface area (Å²) in [6.45, 7) is 4.01. The lowest BCUT2D eigenvalue weighted by molar-refractivity contribution is 0.0526. The van der Waals surface area contributed by atoms with Crippen molar-refractivity contribution < 1.29 is 9.53 Å². The summed E-state index contributed by atoms with van der Waals surface area (Å²) >= 11 is 0. The lowest BCUT2D eigenvalue weighted by atomic mass is 10.2. The average Bonchev–Trinajstić information content (AvgIpc) is 2.83. The van der Waals surface area contributed by atoms with E-state index in [0.717, 1.165) is 16.9 Å². The minimum Gasteiger partial charge on any atom is -0.462 e. The molecule has 0 aliphatic carbocycles. The Balaban J connectivity index is 2.24. The Kier molecular flexibility index (Phi) is 3.39. The van der Waals surface area contributed by atoms with Crippen LogP contribution in [0.4, 0.5) is 0 Å². The number of esters is 1. The molecular formula is C16H15N3O2. The van der Waals surface area contributed by atoms with Gasteiger partial charge in [0.1, 0.15) is 11.4 Å². The Morgan fingerprint density at radius 1 is 1.24 bits per heavy atom. The topological polar surface area (TPSA) is 57.0 Å². The highest BCUT2D eigenvalue weighted by Gasteiger charge is 2.18. The molecule has 0 spiro atoms. The van der Waals surface area contributed by atoms with Crippen molar-refractivity contribution in [1.82, 2.24) is 14.5 Å². The molecule has 2 heterocycles.